The zero-order valence-corrected chi connectivity index (χ0v) is 31.7. The van der Waals surface area contributed by atoms with Gasteiger partial charge in [-0.05, 0) is 35.8 Å². The number of alkyl halides is 2. The Morgan fingerprint density at radius 1 is 0.893 bits per heavy atom. The number of carbonyl (C=O) groups excluding carboxylic acids is 4. The van der Waals surface area contributed by atoms with E-state index < -0.39 is 61.1 Å². The number of nitrogens with one attached hydrogen (secondary N) is 3. The van der Waals surface area contributed by atoms with Gasteiger partial charge in [-0.3, -0.25) is 9.59 Å². The fourth-order valence-electron chi connectivity index (χ4n) is 7.30. The number of aromatic nitrogens is 4. The van der Waals surface area contributed by atoms with Crippen LogP contribution in [0.3, 0.4) is 0 Å². The number of likely N-dealkylation sites (tertiary alicyclic amines) is 2. The SMILES string of the molecule is COC(=O)N[C@H](C(=O)N1CC(F)(F)C[C@H]1c1nc(-c2ccc(-c3ccc(-c4c[nH]c([C@@H]5CCCN5C(=O)[C@@H](OC(N)=O)C(C)C)n4)cc3)cc2)c(O)[nH]1)C(C)C. The molecule has 298 valence electrons. The number of methoxy groups -OCH3 is 1. The predicted octanol–water partition coefficient (Wildman–Crippen LogP) is 5.91. The maximum atomic E-state index is 14.8. The van der Waals surface area contributed by atoms with Crippen molar-refractivity contribution in [3.05, 3.63) is 66.4 Å². The quantitative estimate of drug-likeness (QED) is 0.122. The van der Waals surface area contributed by atoms with Crippen molar-refractivity contribution in [2.24, 2.45) is 17.6 Å². The van der Waals surface area contributed by atoms with Gasteiger partial charge >= 0.3 is 12.2 Å². The highest BCUT2D eigenvalue weighted by atomic mass is 19.3. The fraction of sp³-hybridized carbons (Fsp3) is 0.436. The molecular weight excluding hydrogens is 730 g/mol. The van der Waals surface area contributed by atoms with Crippen LogP contribution in [0.1, 0.15) is 70.7 Å². The van der Waals surface area contributed by atoms with E-state index in [0.717, 1.165) is 35.1 Å². The number of H-pyrrole nitrogens is 2. The van der Waals surface area contributed by atoms with Crippen LogP contribution in [0.5, 0.6) is 5.88 Å². The lowest BCUT2D eigenvalue weighted by molar-refractivity contribution is -0.143. The van der Waals surface area contributed by atoms with Crippen molar-refractivity contribution in [2.45, 2.75) is 77.1 Å². The lowest BCUT2D eigenvalue weighted by Gasteiger charge is -2.29. The van der Waals surface area contributed by atoms with Crippen molar-refractivity contribution in [3.63, 3.8) is 0 Å². The lowest BCUT2D eigenvalue weighted by atomic mass is 10.0. The highest BCUT2D eigenvalue weighted by Crippen LogP contribution is 2.43. The number of nitrogens with two attached hydrogens (primary N) is 1. The van der Waals surface area contributed by atoms with Crippen LogP contribution in [0.2, 0.25) is 0 Å². The minimum Gasteiger partial charge on any atom is -0.493 e. The van der Waals surface area contributed by atoms with Gasteiger partial charge in [0.15, 0.2) is 6.10 Å². The summed E-state index contributed by atoms with van der Waals surface area (Å²) >= 11 is 0. The third kappa shape index (κ3) is 8.30. The molecule has 4 heterocycles. The van der Waals surface area contributed by atoms with E-state index in [-0.39, 0.29) is 35.3 Å². The molecule has 2 aromatic carbocycles. The highest BCUT2D eigenvalue weighted by Gasteiger charge is 2.50. The number of nitrogens with zero attached hydrogens (tertiary/aromatic N) is 4. The number of hydrogen-bond acceptors (Lipinski definition) is 9. The molecule has 4 atom stereocenters. The lowest BCUT2D eigenvalue weighted by Crippen LogP contribution is -2.51. The van der Waals surface area contributed by atoms with Gasteiger partial charge in [0, 0.05) is 30.3 Å². The van der Waals surface area contributed by atoms with Gasteiger partial charge in [-0.15, -0.1) is 0 Å². The van der Waals surface area contributed by atoms with Crippen molar-refractivity contribution in [1.82, 2.24) is 35.1 Å². The van der Waals surface area contributed by atoms with Crippen LogP contribution in [0.4, 0.5) is 18.4 Å². The Morgan fingerprint density at radius 2 is 1.52 bits per heavy atom. The molecular formula is C39H46F2N8O7. The molecule has 4 amide bonds. The van der Waals surface area contributed by atoms with Gasteiger partial charge in [-0.1, -0.05) is 76.2 Å². The van der Waals surface area contributed by atoms with E-state index in [9.17, 15) is 33.1 Å². The molecule has 0 radical (unpaired) electrons. The van der Waals surface area contributed by atoms with E-state index in [1.165, 1.54) is 0 Å². The van der Waals surface area contributed by atoms with Crippen LogP contribution in [0, 0.1) is 11.8 Å². The first-order valence-electron chi connectivity index (χ1n) is 18.4. The number of halogens is 2. The third-order valence-corrected chi connectivity index (χ3v) is 10.2. The molecule has 56 heavy (non-hydrogen) atoms. The van der Waals surface area contributed by atoms with Gasteiger partial charge in [-0.25, -0.2) is 28.3 Å². The number of rotatable bonds is 11. The largest absolute Gasteiger partial charge is 0.493 e. The molecule has 0 saturated carbocycles. The Bertz CT molecular complexity index is 2070. The molecule has 0 bridgehead atoms. The summed E-state index contributed by atoms with van der Waals surface area (Å²) in [7, 11) is 1.14. The monoisotopic (exact) mass is 776 g/mol. The molecule has 2 aromatic heterocycles. The molecule has 0 spiro atoms. The van der Waals surface area contributed by atoms with Gasteiger partial charge in [0.1, 0.15) is 23.4 Å². The van der Waals surface area contributed by atoms with E-state index in [1.54, 1.807) is 50.9 Å². The second-order valence-corrected chi connectivity index (χ2v) is 14.8. The summed E-state index contributed by atoms with van der Waals surface area (Å²) in [5, 5.41) is 13.3. The summed E-state index contributed by atoms with van der Waals surface area (Å²) in [5.74, 6) is -4.62. The molecule has 0 aliphatic carbocycles. The highest BCUT2D eigenvalue weighted by molar-refractivity contribution is 5.87. The average molecular weight is 777 g/mol. The average Bonchev–Trinajstić information content (AvgIpc) is 3.98. The van der Waals surface area contributed by atoms with Crippen LogP contribution in [0.15, 0.2) is 54.7 Å². The summed E-state index contributed by atoms with van der Waals surface area (Å²) in [6.45, 7) is 6.58. The van der Waals surface area contributed by atoms with Crippen molar-refractivity contribution < 1.29 is 42.5 Å². The normalized spacial score (nSPS) is 18.9. The number of benzene rings is 2. The van der Waals surface area contributed by atoms with Crippen molar-refractivity contribution in [3.8, 4) is 39.5 Å². The van der Waals surface area contributed by atoms with Crippen molar-refractivity contribution >= 4 is 24.0 Å². The number of aromatic amines is 2. The smallest absolute Gasteiger partial charge is 0.407 e. The zero-order chi connectivity index (χ0) is 40.5. The first-order valence-corrected chi connectivity index (χ1v) is 18.4. The number of alkyl carbamates (subject to hydrolysis) is 1. The second-order valence-electron chi connectivity index (χ2n) is 14.8. The summed E-state index contributed by atoms with van der Waals surface area (Å²) < 4.78 is 39.3. The standard InChI is InChI=1S/C39H46F2N8O7/c1-20(2)29(46-38(54)55-5)35(51)49-19-39(40,41)17-28(49)33-45-30(34(50)47-33)25-14-10-23(11-15-25)22-8-12-24(13-9-22)26-18-43-32(44-26)27-7-6-16-48(27)36(52)31(21(3)4)56-37(42)53/h8-15,18,20-21,27-29,31,50H,6-7,16-17,19H2,1-5H3,(H2,42,53)(H,43,44)(H,45,47)(H,46,54)/t27-,28-,29-,31-/m0/s1. The number of imidazole rings is 2. The van der Waals surface area contributed by atoms with Crippen LogP contribution in [-0.4, -0.2) is 97.1 Å². The Morgan fingerprint density at radius 3 is 2.11 bits per heavy atom. The maximum Gasteiger partial charge on any atom is 0.407 e. The van der Waals surface area contributed by atoms with Crippen LogP contribution in [-0.2, 0) is 19.1 Å². The van der Waals surface area contributed by atoms with Crippen molar-refractivity contribution in [1.29, 1.82) is 0 Å². The number of amides is 4. The summed E-state index contributed by atoms with van der Waals surface area (Å²) in [6.07, 6.45) is -0.284. The molecule has 6 rings (SSSR count). The molecule has 2 saturated heterocycles. The molecule has 4 aromatic rings. The Hall–Kier alpha value is -6.00. The van der Waals surface area contributed by atoms with Gasteiger partial charge in [0.25, 0.3) is 11.8 Å². The number of ether oxygens (including phenoxy) is 2. The Balaban J connectivity index is 1.15. The number of carbonyl (C=O) groups is 4. The fourth-order valence-corrected chi connectivity index (χ4v) is 7.30. The third-order valence-electron chi connectivity index (χ3n) is 10.2. The molecule has 2 fully saturated rings. The molecule has 2 aliphatic heterocycles. The van der Waals surface area contributed by atoms with Gasteiger partial charge in [-0.2, -0.15) is 0 Å². The summed E-state index contributed by atoms with van der Waals surface area (Å²) in [6, 6.07) is 12.3. The van der Waals surface area contributed by atoms with Crippen molar-refractivity contribution in [2.75, 3.05) is 20.2 Å². The predicted molar refractivity (Wildman–Crippen MR) is 200 cm³/mol. The van der Waals surface area contributed by atoms with E-state index >= 15 is 0 Å². The summed E-state index contributed by atoms with van der Waals surface area (Å²) in [4.78, 5) is 68.0. The van der Waals surface area contributed by atoms with Gasteiger partial charge < -0.3 is 45.4 Å². The first-order chi connectivity index (χ1) is 26.6. The minimum absolute atomic E-state index is 0.00567. The van der Waals surface area contributed by atoms with E-state index in [2.05, 4.69) is 25.0 Å². The van der Waals surface area contributed by atoms with Gasteiger partial charge in [0.2, 0.25) is 11.8 Å². The Kier molecular flexibility index (Phi) is 11.3. The molecule has 15 nitrogen and oxygen atoms in total. The Labute approximate surface area is 322 Å². The number of aromatic hydroxyl groups is 1. The maximum absolute atomic E-state index is 14.8. The number of primary amides is 1. The van der Waals surface area contributed by atoms with E-state index in [0.29, 0.717) is 30.0 Å². The number of hydrogen-bond donors (Lipinski definition) is 5. The van der Waals surface area contributed by atoms with Crippen LogP contribution < -0.4 is 11.1 Å². The first kappa shape index (κ1) is 39.7. The van der Waals surface area contributed by atoms with Gasteiger partial charge in [0.05, 0.1) is 31.4 Å². The van der Waals surface area contributed by atoms with Crippen LogP contribution in [0.25, 0.3) is 33.6 Å². The minimum atomic E-state index is -3.22. The molecule has 6 N–H and O–H groups in total. The molecule has 0 unspecified atom stereocenters. The zero-order valence-electron chi connectivity index (χ0n) is 31.7. The van der Waals surface area contributed by atoms with E-state index in [4.69, 9.17) is 15.5 Å². The second kappa shape index (κ2) is 16.0. The molecule has 17 heteroatoms. The topological polar surface area (TPSA) is 209 Å². The molecule has 2 aliphatic rings. The van der Waals surface area contributed by atoms with E-state index in [1.807, 2.05) is 36.4 Å². The van der Waals surface area contributed by atoms with Crippen LogP contribution >= 0.6 is 0 Å². The summed E-state index contributed by atoms with van der Waals surface area (Å²) in [5.41, 5.74) is 9.18.